The minimum atomic E-state index is -0.385. The highest BCUT2D eigenvalue weighted by atomic mass is 16.2. The number of carbonyl (C=O) groups is 2. The third-order valence-electron chi connectivity index (χ3n) is 4.41. The van der Waals surface area contributed by atoms with Crippen LogP contribution in [-0.2, 0) is 16.1 Å². The molecule has 4 N–H and O–H groups in total. The zero-order chi connectivity index (χ0) is 17.9. The highest BCUT2D eigenvalue weighted by molar-refractivity contribution is 5.78. The molecule has 0 heterocycles. The van der Waals surface area contributed by atoms with Crippen LogP contribution in [0.1, 0.15) is 45.1 Å². The van der Waals surface area contributed by atoms with Crippen molar-refractivity contribution in [2.24, 2.45) is 23.3 Å². The maximum Gasteiger partial charge on any atom is 0.222 e. The standard InChI is InChI=1S/C19H31N3O2/c1-15(2)17(10-12-20)8-9-19(24)22(13-11-18(21)23)14-16-6-4-3-5-7-16/h3-7,15,17H,8-14,20H2,1-2H3,(H2,21,23). The molecule has 0 aromatic heterocycles. The van der Waals surface area contributed by atoms with Crippen molar-refractivity contribution in [3.8, 4) is 0 Å². The van der Waals surface area contributed by atoms with Crippen LogP contribution < -0.4 is 11.5 Å². The van der Waals surface area contributed by atoms with Crippen molar-refractivity contribution in [1.82, 2.24) is 4.90 Å². The molecule has 5 nitrogen and oxygen atoms in total. The Morgan fingerprint density at radius 3 is 2.29 bits per heavy atom. The van der Waals surface area contributed by atoms with Crippen molar-refractivity contribution in [2.45, 2.75) is 46.1 Å². The molecule has 1 atom stereocenters. The van der Waals surface area contributed by atoms with Gasteiger partial charge in [-0.05, 0) is 36.8 Å². The van der Waals surface area contributed by atoms with E-state index in [4.69, 9.17) is 11.5 Å². The molecule has 1 aromatic rings. The van der Waals surface area contributed by atoms with Crippen molar-refractivity contribution in [1.29, 1.82) is 0 Å². The number of nitrogens with two attached hydrogens (primary N) is 2. The number of rotatable bonds is 11. The molecule has 1 rings (SSSR count). The Balaban J connectivity index is 2.66. The molecule has 0 aliphatic carbocycles. The molecule has 0 fully saturated rings. The minimum Gasteiger partial charge on any atom is -0.370 e. The molecule has 0 bridgehead atoms. The van der Waals surface area contributed by atoms with Gasteiger partial charge >= 0.3 is 0 Å². The van der Waals surface area contributed by atoms with Crippen LogP contribution in [0.4, 0.5) is 0 Å². The summed E-state index contributed by atoms with van der Waals surface area (Å²) >= 11 is 0. The Morgan fingerprint density at radius 2 is 1.75 bits per heavy atom. The lowest BCUT2D eigenvalue weighted by atomic mass is 9.88. The van der Waals surface area contributed by atoms with E-state index in [0.717, 1.165) is 18.4 Å². The summed E-state index contributed by atoms with van der Waals surface area (Å²) in [7, 11) is 0. The largest absolute Gasteiger partial charge is 0.370 e. The number of nitrogens with zero attached hydrogens (tertiary/aromatic N) is 1. The zero-order valence-corrected chi connectivity index (χ0v) is 14.9. The van der Waals surface area contributed by atoms with Gasteiger partial charge in [-0.2, -0.15) is 0 Å². The van der Waals surface area contributed by atoms with Crippen molar-refractivity contribution < 1.29 is 9.59 Å². The molecule has 1 aromatic carbocycles. The van der Waals surface area contributed by atoms with Crippen molar-refractivity contribution in [3.05, 3.63) is 35.9 Å². The second kappa shape index (κ2) is 10.8. The van der Waals surface area contributed by atoms with E-state index in [-0.39, 0.29) is 18.2 Å². The first-order valence-electron chi connectivity index (χ1n) is 8.74. The second-order valence-electron chi connectivity index (χ2n) is 6.64. The molecular weight excluding hydrogens is 302 g/mol. The molecule has 0 saturated heterocycles. The summed E-state index contributed by atoms with van der Waals surface area (Å²) in [6, 6.07) is 9.80. The van der Waals surface area contributed by atoms with Crippen molar-refractivity contribution in [2.75, 3.05) is 13.1 Å². The lowest BCUT2D eigenvalue weighted by molar-refractivity contribution is -0.132. The lowest BCUT2D eigenvalue weighted by Gasteiger charge is -2.25. The predicted octanol–water partition coefficient (Wildman–Crippen LogP) is 2.29. The van der Waals surface area contributed by atoms with E-state index in [1.807, 2.05) is 30.3 Å². The topological polar surface area (TPSA) is 89.4 Å². The van der Waals surface area contributed by atoms with Crippen LogP contribution in [0.25, 0.3) is 0 Å². The molecular formula is C19H31N3O2. The summed E-state index contributed by atoms with van der Waals surface area (Å²) < 4.78 is 0. The molecule has 1 unspecified atom stereocenters. The van der Waals surface area contributed by atoms with Crippen LogP contribution in [0.5, 0.6) is 0 Å². The smallest absolute Gasteiger partial charge is 0.222 e. The van der Waals surface area contributed by atoms with Gasteiger partial charge < -0.3 is 16.4 Å². The van der Waals surface area contributed by atoms with Gasteiger partial charge in [0.25, 0.3) is 0 Å². The maximum absolute atomic E-state index is 12.6. The summed E-state index contributed by atoms with van der Waals surface area (Å²) in [5.41, 5.74) is 12.0. The first-order chi connectivity index (χ1) is 11.4. The molecule has 0 aliphatic heterocycles. The Morgan fingerprint density at radius 1 is 1.08 bits per heavy atom. The molecule has 0 saturated carbocycles. The van der Waals surface area contributed by atoms with E-state index in [9.17, 15) is 9.59 Å². The van der Waals surface area contributed by atoms with Crippen LogP contribution >= 0.6 is 0 Å². The zero-order valence-electron chi connectivity index (χ0n) is 14.9. The number of amides is 2. The fourth-order valence-corrected chi connectivity index (χ4v) is 2.83. The fraction of sp³-hybridized carbons (Fsp3) is 0.579. The highest BCUT2D eigenvalue weighted by Gasteiger charge is 2.19. The van der Waals surface area contributed by atoms with E-state index < -0.39 is 0 Å². The van der Waals surface area contributed by atoms with E-state index in [0.29, 0.717) is 37.9 Å². The Labute approximate surface area is 145 Å². The first kappa shape index (κ1) is 20.2. The molecule has 0 spiro atoms. The number of primary amides is 1. The van der Waals surface area contributed by atoms with Gasteiger partial charge in [0.05, 0.1) is 0 Å². The summed E-state index contributed by atoms with van der Waals surface area (Å²) in [4.78, 5) is 25.5. The first-order valence-corrected chi connectivity index (χ1v) is 8.74. The van der Waals surface area contributed by atoms with Gasteiger partial charge in [-0.3, -0.25) is 9.59 Å². The monoisotopic (exact) mass is 333 g/mol. The van der Waals surface area contributed by atoms with Crippen LogP contribution in [0.3, 0.4) is 0 Å². The SMILES string of the molecule is CC(C)C(CCN)CCC(=O)N(CCC(N)=O)Cc1ccccc1. The number of benzene rings is 1. The van der Waals surface area contributed by atoms with Crippen LogP contribution in [0.15, 0.2) is 30.3 Å². The third kappa shape index (κ3) is 7.59. The van der Waals surface area contributed by atoms with Gasteiger partial charge in [-0.25, -0.2) is 0 Å². The fourth-order valence-electron chi connectivity index (χ4n) is 2.83. The molecule has 24 heavy (non-hydrogen) atoms. The highest BCUT2D eigenvalue weighted by Crippen LogP contribution is 2.21. The quantitative estimate of drug-likeness (QED) is 0.651. The predicted molar refractivity (Wildman–Crippen MR) is 96.9 cm³/mol. The van der Waals surface area contributed by atoms with Gasteiger partial charge in [-0.15, -0.1) is 0 Å². The van der Waals surface area contributed by atoms with E-state index in [2.05, 4.69) is 13.8 Å². The van der Waals surface area contributed by atoms with E-state index >= 15 is 0 Å². The van der Waals surface area contributed by atoms with Gasteiger partial charge in [-0.1, -0.05) is 44.2 Å². The summed E-state index contributed by atoms with van der Waals surface area (Å²) in [5.74, 6) is 0.648. The molecule has 0 radical (unpaired) electrons. The van der Waals surface area contributed by atoms with Gasteiger partial charge in [0.2, 0.25) is 11.8 Å². The molecule has 0 aliphatic rings. The molecule has 134 valence electrons. The van der Waals surface area contributed by atoms with E-state index in [1.165, 1.54) is 0 Å². The van der Waals surface area contributed by atoms with Gasteiger partial charge in [0.15, 0.2) is 0 Å². The van der Waals surface area contributed by atoms with Crippen LogP contribution in [0, 0.1) is 11.8 Å². The summed E-state index contributed by atoms with van der Waals surface area (Å²) in [6.07, 6.45) is 2.43. The lowest BCUT2D eigenvalue weighted by Crippen LogP contribution is -2.34. The Kier molecular flexibility index (Phi) is 9.08. The minimum absolute atomic E-state index is 0.0720. The second-order valence-corrected chi connectivity index (χ2v) is 6.64. The number of hydrogen-bond acceptors (Lipinski definition) is 3. The van der Waals surface area contributed by atoms with Gasteiger partial charge in [0.1, 0.15) is 0 Å². The maximum atomic E-state index is 12.6. The third-order valence-corrected chi connectivity index (χ3v) is 4.41. The average Bonchev–Trinajstić information content (AvgIpc) is 2.55. The van der Waals surface area contributed by atoms with Crippen LogP contribution in [-0.4, -0.2) is 29.8 Å². The summed E-state index contributed by atoms with van der Waals surface area (Å²) in [6.45, 7) is 5.86. The van der Waals surface area contributed by atoms with E-state index in [1.54, 1.807) is 4.90 Å². The Hall–Kier alpha value is -1.88. The molecule has 2 amide bonds. The summed E-state index contributed by atoms with van der Waals surface area (Å²) in [5, 5.41) is 0. The number of carbonyl (C=O) groups excluding carboxylic acids is 2. The Bertz CT molecular complexity index is 503. The van der Waals surface area contributed by atoms with Gasteiger partial charge in [0, 0.05) is 25.9 Å². The molecule has 5 heteroatoms. The average molecular weight is 333 g/mol. The van der Waals surface area contributed by atoms with Crippen LogP contribution in [0.2, 0.25) is 0 Å². The van der Waals surface area contributed by atoms with Crippen molar-refractivity contribution in [3.63, 3.8) is 0 Å². The van der Waals surface area contributed by atoms with Crippen molar-refractivity contribution >= 4 is 11.8 Å². The number of hydrogen-bond donors (Lipinski definition) is 2. The normalized spacial score (nSPS) is 12.2.